The normalized spacial score (nSPS) is 14.4. The SMILES string of the molecule is CC(C)C[C@H](N)C(=O)O.CC(C)C[C@H](N)C(=O)O.CC(C)C[C@H](N)C(=O)O.CC(C)[C@H](N)C(=O)O.CC(C)[C@H](N)C(=O)O.CC(C)[C@H](N)C(=O)O.CC[C@H](C)[C@H](N)C(=O)O.C[C@H](N)C(=O)O.NCC(=O)O.N[C@@H](CCC(=O)O)C(=O)O.N[C@@H](Cc1c[nH]c2ccccc12)C(=O)O.N[C@@H](Cc1ccccc1)C(=O)O.O=C(O)[C@@H]1CCCN1. The number of hydrogen-bond donors (Lipinski definition) is 28. The van der Waals surface area contributed by atoms with Crippen LogP contribution in [0, 0.1) is 41.4 Å². The van der Waals surface area contributed by atoms with Crippen molar-refractivity contribution in [1.29, 1.82) is 0 Å². The molecule has 42 nitrogen and oxygen atoms in total. The van der Waals surface area contributed by atoms with Gasteiger partial charge in [0.05, 0.1) is 6.54 Å². The number of aliphatic carboxylic acids is 14. The number of nitrogens with one attached hydrogen (secondary N) is 2. The van der Waals surface area contributed by atoms with Crippen molar-refractivity contribution < 1.29 is 139 Å². The Morgan fingerprint density at radius 1 is 0.397 bits per heavy atom. The van der Waals surface area contributed by atoms with Crippen LogP contribution in [-0.4, -0.2) is 246 Å². The molecule has 42 heteroatoms. The Labute approximate surface area is 676 Å². The molecule has 1 aromatic heterocycles. The Balaban J connectivity index is -0.000000154. The molecule has 116 heavy (non-hydrogen) atoms. The number of benzene rings is 2. The second-order valence-corrected chi connectivity index (χ2v) is 28.0. The standard InChI is InChI=1S/C11H12N2O2.C9H11NO2.4C6H13NO2.C5H9NO4.C5H9NO2.3C5H11NO2.C3H7NO2.C2H5NO2/c12-9(11(14)15)5-7-6-13-10-4-2-1-3-8(7)10;10-8(9(11)12)6-7-4-2-1-3-5-7;3*1-4(2)3-5(7)6(8)9;1-3-4(2)5(7)6(8)9;6-3(5(9)10)1-2-4(7)8;7-5(8)4-2-1-3-6-4;3*1-3(2)4(6)5(7)8;1-2(4)3(5)6;3-1-2(4)5/h1-4,6,9,13H,5,12H2,(H,14,15);1-5,8H,6,10H2,(H,11,12);4*4-5H,3,7H2,1-2H3,(H,8,9);3H,1-2,6H2,(H,7,8)(H,9,10);4,6H,1-3H2,(H,7,8);3*3-4H,6H2,1-2H3,(H,7,8);2H,4H2,1H3,(H,5,6);1,3H2,(H,4,5)/t9-;8-;3*5-;4-,5-;3-;4*4-;2-;/m000000000000./s1. The Morgan fingerprint density at radius 3 is 0.914 bits per heavy atom. The van der Waals surface area contributed by atoms with Gasteiger partial charge in [-0.2, -0.15) is 0 Å². The molecule has 1 aliphatic rings. The van der Waals surface area contributed by atoms with Gasteiger partial charge in [0.25, 0.3) is 0 Å². The van der Waals surface area contributed by atoms with Gasteiger partial charge in [0.15, 0.2) is 0 Å². The first-order valence-electron chi connectivity index (χ1n) is 36.5. The molecule has 672 valence electrons. The van der Waals surface area contributed by atoms with Crippen molar-refractivity contribution >= 4 is 94.5 Å². The molecule has 2 heterocycles. The topological polar surface area (TPSA) is 862 Å². The zero-order valence-electron chi connectivity index (χ0n) is 69.1. The first kappa shape index (κ1) is 124. The van der Waals surface area contributed by atoms with Crippen LogP contribution in [0.25, 0.3) is 10.9 Å². The molecule has 40 N–H and O–H groups in total. The van der Waals surface area contributed by atoms with Gasteiger partial charge in [0.2, 0.25) is 0 Å². The highest BCUT2D eigenvalue weighted by Crippen LogP contribution is 2.19. The van der Waals surface area contributed by atoms with Crippen LogP contribution in [0.2, 0.25) is 0 Å². The minimum Gasteiger partial charge on any atom is -0.481 e. The van der Waals surface area contributed by atoms with Crippen molar-refractivity contribution in [2.24, 2.45) is 110 Å². The summed E-state index contributed by atoms with van der Waals surface area (Å²) in [6, 6.07) is 8.49. The van der Waals surface area contributed by atoms with E-state index in [4.69, 9.17) is 135 Å². The Hall–Kier alpha value is -9.96. The van der Waals surface area contributed by atoms with E-state index in [9.17, 15) is 67.1 Å². The number of fused-ring (bicyclic) bond motifs is 1. The molecule has 4 rings (SSSR count). The maximum absolute atomic E-state index is 10.6. The molecule has 1 fully saturated rings. The number of nitrogens with two attached hydrogens (primary N) is 12. The number of carboxylic acid groups (broad SMARTS) is 14. The Morgan fingerprint density at radius 2 is 0.707 bits per heavy atom. The number of aromatic amines is 1. The van der Waals surface area contributed by atoms with Gasteiger partial charge in [-0.1, -0.05) is 152 Å². The van der Waals surface area contributed by atoms with Crippen LogP contribution in [-0.2, 0) is 80.0 Å². The van der Waals surface area contributed by atoms with Gasteiger partial charge < -0.3 is 151 Å². The lowest BCUT2D eigenvalue weighted by molar-refractivity contribution is -0.141. The highest BCUT2D eigenvalue weighted by molar-refractivity contribution is 5.84. The molecule has 0 bridgehead atoms. The summed E-state index contributed by atoms with van der Waals surface area (Å²) < 4.78 is 0. The van der Waals surface area contributed by atoms with E-state index in [-0.39, 0.29) is 49.1 Å². The molecule has 0 spiro atoms. The fourth-order valence-electron chi connectivity index (χ4n) is 7.06. The van der Waals surface area contributed by atoms with E-state index >= 15 is 0 Å². The van der Waals surface area contributed by atoms with Gasteiger partial charge >= 0.3 is 83.6 Å². The number of hydrogen-bond acceptors (Lipinski definition) is 27. The zero-order valence-corrected chi connectivity index (χ0v) is 69.1. The second kappa shape index (κ2) is 72.7. The molecule has 0 aliphatic carbocycles. The summed E-state index contributed by atoms with van der Waals surface area (Å²) in [5.41, 5.74) is 64.5. The molecule has 1 aliphatic heterocycles. The van der Waals surface area contributed by atoms with Crippen LogP contribution in [0.3, 0.4) is 0 Å². The number of H-pyrrole nitrogens is 1. The number of para-hydroxylation sites is 1. The number of carbonyl (C=O) groups is 14. The fourth-order valence-corrected chi connectivity index (χ4v) is 7.06. The predicted molar refractivity (Wildman–Crippen MR) is 434 cm³/mol. The highest BCUT2D eigenvalue weighted by atomic mass is 16.4. The van der Waals surface area contributed by atoms with Crippen molar-refractivity contribution in [2.75, 3.05) is 13.1 Å². The van der Waals surface area contributed by atoms with Crippen LogP contribution < -0.4 is 74.1 Å². The van der Waals surface area contributed by atoms with Crippen LogP contribution in [0.15, 0.2) is 60.8 Å². The molecule has 1 saturated heterocycles. The third-order valence-electron chi connectivity index (χ3n) is 14.6. The average Bonchev–Trinajstić information content (AvgIpc) is 1.69. The zero-order chi connectivity index (χ0) is 93.3. The monoisotopic (exact) mass is 1670 g/mol. The van der Waals surface area contributed by atoms with Crippen LogP contribution >= 0.6 is 0 Å². The second-order valence-electron chi connectivity index (χ2n) is 28.0. The molecular formula is C74H138N14O28. The van der Waals surface area contributed by atoms with Crippen molar-refractivity contribution in [1.82, 2.24) is 10.3 Å². The first-order chi connectivity index (χ1) is 53.0. The van der Waals surface area contributed by atoms with Gasteiger partial charge in [0.1, 0.15) is 72.5 Å². The molecule has 3 aromatic rings. The van der Waals surface area contributed by atoms with Crippen molar-refractivity contribution in [3.05, 3.63) is 71.9 Å². The summed E-state index contributed by atoms with van der Waals surface area (Å²) in [4.78, 5) is 143. The Kier molecular flexibility index (Phi) is 77.9. The third kappa shape index (κ3) is 79.3. The van der Waals surface area contributed by atoms with Gasteiger partial charge in [-0.05, 0) is 117 Å². The molecule has 0 amide bonds. The average molecular weight is 1670 g/mol. The maximum Gasteiger partial charge on any atom is 0.320 e. The lowest BCUT2D eigenvalue weighted by Crippen LogP contribution is -2.36. The van der Waals surface area contributed by atoms with Gasteiger partial charge in [-0.15, -0.1) is 0 Å². The van der Waals surface area contributed by atoms with Crippen LogP contribution in [0.1, 0.15) is 166 Å². The van der Waals surface area contributed by atoms with E-state index in [1.54, 1.807) is 41.5 Å². The van der Waals surface area contributed by atoms with Gasteiger partial charge in [-0.3, -0.25) is 67.1 Å². The van der Waals surface area contributed by atoms with E-state index in [0.29, 0.717) is 49.9 Å². The predicted octanol–water partition coefficient (Wildman–Crippen LogP) is 1.24. The molecule has 0 radical (unpaired) electrons. The van der Waals surface area contributed by atoms with Crippen LogP contribution in [0.5, 0.6) is 0 Å². The number of aromatic nitrogens is 1. The van der Waals surface area contributed by atoms with E-state index in [0.717, 1.165) is 47.8 Å². The van der Waals surface area contributed by atoms with Gasteiger partial charge in [-0.25, -0.2) is 0 Å². The summed E-state index contributed by atoms with van der Waals surface area (Å²) in [6.07, 6.45) is 6.57. The van der Waals surface area contributed by atoms with Crippen LogP contribution in [0.4, 0.5) is 0 Å². The molecule has 2 aromatic carbocycles. The maximum atomic E-state index is 10.6. The highest BCUT2D eigenvalue weighted by Gasteiger charge is 2.22. The van der Waals surface area contributed by atoms with E-state index in [1.807, 2.05) is 116 Å². The fraction of sp³-hybridized carbons (Fsp3) is 0.622. The summed E-state index contributed by atoms with van der Waals surface area (Å²) in [6.45, 7) is 28.1. The van der Waals surface area contributed by atoms with E-state index in [1.165, 1.54) is 6.92 Å². The van der Waals surface area contributed by atoms with Crippen molar-refractivity contribution in [2.45, 2.75) is 241 Å². The minimum atomic E-state index is -1.17. The molecule has 0 unspecified atom stereocenters. The summed E-state index contributed by atoms with van der Waals surface area (Å²) in [5.74, 6) is -12.0. The smallest absolute Gasteiger partial charge is 0.320 e. The van der Waals surface area contributed by atoms with Gasteiger partial charge in [0, 0.05) is 29.9 Å². The minimum absolute atomic E-state index is 0.0208. The summed E-state index contributed by atoms with van der Waals surface area (Å²) in [5, 5.41) is 119. The number of rotatable bonds is 31. The Bertz CT molecular complexity index is 3090. The largest absolute Gasteiger partial charge is 0.481 e. The summed E-state index contributed by atoms with van der Waals surface area (Å²) in [7, 11) is 0. The number of carboxylic acids is 14. The van der Waals surface area contributed by atoms with Crippen molar-refractivity contribution in [3.8, 4) is 0 Å². The molecule has 0 saturated carbocycles. The van der Waals surface area contributed by atoms with E-state index < -0.39 is 150 Å². The van der Waals surface area contributed by atoms with Crippen molar-refractivity contribution in [3.63, 3.8) is 0 Å². The quantitative estimate of drug-likeness (QED) is 0.0431. The third-order valence-corrected chi connectivity index (χ3v) is 14.6. The lowest BCUT2D eigenvalue weighted by atomic mass is 10.0. The molecule has 13 atom stereocenters. The summed E-state index contributed by atoms with van der Waals surface area (Å²) >= 11 is 0. The molecular weight excluding hydrogens is 1530 g/mol. The van der Waals surface area contributed by atoms with E-state index in [2.05, 4.69) is 16.0 Å². The lowest BCUT2D eigenvalue weighted by Gasteiger charge is -2.11. The first-order valence-corrected chi connectivity index (χ1v) is 36.5.